The summed E-state index contributed by atoms with van der Waals surface area (Å²) in [5.41, 5.74) is 1.10. The summed E-state index contributed by atoms with van der Waals surface area (Å²) in [5, 5.41) is 3.24. The SMILES string of the molecule is CC(=O)C(NC(=O)OC(C)C)C(C)C.COC(=O)CC(C)c1ccc(Cl)cc1. The molecule has 0 aromatic heterocycles. The molecule has 2 atom stereocenters. The number of rotatable bonds is 7. The van der Waals surface area contributed by atoms with Crippen LogP contribution >= 0.6 is 11.6 Å². The summed E-state index contributed by atoms with van der Waals surface area (Å²) >= 11 is 5.76. The largest absolute Gasteiger partial charge is 0.469 e. The van der Waals surface area contributed by atoms with Crippen molar-refractivity contribution in [1.29, 1.82) is 0 Å². The number of halogens is 1. The average Bonchev–Trinajstić information content (AvgIpc) is 2.59. The fourth-order valence-corrected chi connectivity index (χ4v) is 2.48. The molecule has 0 aliphatic carbocycles. The molecule has 0 heterocycles. The number of esters is 1. The Hall–Kier alpha value is -2.08. The van der Waals surface area contributed by atoms with Gasteiger partial charge in [0.05, 0.1) is 25.7 Å². The molecule has 0 aliphatic rings. The standard InChI is InChI=1S/C11H13ClO2.C10H19NO3/c1-8(7-11(13)14-2)9-3-5-10(12)6-4-9;1-6(2)9(8(5)12)11-10(13)14-7(3)4/h3-6,8H,7H2,1-2H3;6-7,9H,1-5H3,(H,11,13). The fraction of sp³-hybridized carbons (Fsp3) is 0.571. The van der Waals surface area contributed by atoms with E-state index in [1.54, 1.807) is 13.8 Å². The molecular formula is C21H32ClNO5. The van der Waals surface area contributed by atoms with Crippen LogP contribution in [0.3, 0.4) is 0 Å². The lowest BCUT2D eigenvalue weighted by Crippen LogP contribution is -2.44. The van der Waals surface area contributed by atoms with Gasteiger partial charge >= 0.3 is 12.1 Å². The van der Waals surface area contributed by atoms with E-state index in [0.29, 0.717) is 11.4 Å². The van der Waals surface area contributed by atoms with Gasteiger partial charge in [-0.15, -0.1) is 0 Å². The molecule has 0 bridgehead atoms. The molecule has 2 unspecified atom stereocenters. The van der Waals surface area contributed by atoms with Crippen LogP contribution in [0.1, 0.15) is 59.4 Å². The number of carbonyl (C=O) groups excluding carboxylic acids is 3. The lowest BCUT2D eigenvalue weighted by Gasteiger charge is -2.19. The number of carbonyl (C=O) groups is 3. The van der Waals surface area contributed by atoms with Gasteiger partial charge in [-0.1, -0.05) is 44.5 Å². The minimum absolute atomic E-state index is 0.0549. The second kappa shape index (κ2) is 13.2. The first-order valence-corrected chi connectivity index (χ1v) is 9.65. The van der Waals surface area contributed by atoms with Crippen molar-refractivity contribution in [2.24, 2.45) is 5.92 Å². The van der Waals surface area contributed by atoms with Crippen LogP contribution in [0.15, 0.2) is 24.3 Å². The van der Waals surface area contributed by atoms with Crippen LogP contribution < -0.4 is 5.32 Å². The van der Waals surface area contributed by atoms with Crippen molar-refractivity contribution >= 4 is 29.4 Å². The van der Waals surface area contributed by atoms with Crippen LogP contribution in [0.25, 0.3) is 0 Å². The third-order valence-corrected chi connectivity index (χ3v) is 4.11. The zero-order valence-corrected chi connectivity index (χ0v) is 18.5. The highest BCUT2D eigenvalue weighted by Crippen LogP contribution is 2.21. The van der Waals surface area contributed by atoms with Crippen LogP contribution in [0, 0.1) is 5.92 Å². The first-order chi connectivity index (χ1) is 13.0. The zero-order valence-electron chi connectivity index (χ0n) is 17.7. The lowest BCUT2D eigenvalue weighted by atomic mass is 9.98. The molecule has 1 rings (SSSR count). The van der Waals surface area contributed by atoms with Gasteiger partial charge in [0.1, 0.15) is 0 Å². The predicted molar refractivity (Wildman–Crippen MR) is 111 cm³/mol. The number of benzene rings is 1. The molecule has 6 nitrogen and oxygen atoms in total. The number of hydrogen-bond acceptors (Lipinski definition) is 5. The minimum Gasteiger partial charge on any atom is -0.469 e. The smallest absolute Gasteiger partial charge is 0.407 e. The van der Waals surface area contributed by atoms with Crippen molar-refractivity contribution in [1.82, 2.24) is 5.32 Å². The maximum Gasteiger partial charge on any atom is 0.407 e. The Morgan fingerprint density at radius 3 is 1.96 bits per heavy atom. The van der Waals surface area contributed by atoms with E-state index in [4.69, 9.17) is 16.3 Å². The molecule has 1 N–H and O–H groups in total. The van der Waals surface area contributed by atoms with Gasteiger partial charge in [0.15, 0.2) is 5.78 Å². The maximum atomic E-state index is 11.2. The topological polar surface area (TPSA) is 81.7 Å². The number of hydrogen-bond donors (Lipinski definition) is 1. The van der Waals surface area contributed by atoms with E-state index < -0.39 is 12.1 Å². The van der Waals surface area contributed by atoms with Crippen LogP contribution in [0.2, 0.25) is 5.02 Å². The van der Waals surface area contributed by atoms with Crippen molar-refractivity contribution < 1.29 is 23.9 Å². The summed E-state index contributed by atoms with van der Waals surface area (Å²) in [6.07, 6.45) is -0.304. The number of ether oxygens (including phenoxy) is 2. The van der Waals surface area contributed by atoms with Crippen molar-refractivity contribution in [2.45, 2.75) is 66.0 Å². The minimum atomic E-state index is -0.533. The van der Waals surface area contributed by atoms with Gasteiger partial charge in [-0.3, -0.25) is 9.59 Å². The quantitative estimate of drug-likeness (QED) is 0.653. The van der Waals surface area contributed by atoms with Crippen LogP contribution in [-0.4, -0.2) is 37.1 Å². The van der Waals surface area contributed by atoms with E-state index in [1.807, 2.05) is 45.0 Å². The lowest BCUT2D eigenvalue weighted by molar-refractivity contribution is -0.141. The summed E-state index contributed by atoms with van der Waals surface area (Å²) in [6, 6.07) is 7.04. The molecule has 0 spiro atoms. The zero-order chi connectivity index (χ0) is 21.9. The summed E-state index contributed by atoms with van der Waals surface area (Å²) in [7, 11) is 1.40. The molecule has 7 heteroatoms. The maximum absolute atomic E-state index is 11.2. The molecule has 0 fully saturated rings. The molecule has 0 radical (unpaired) electrons. The fourth-order valence-electron chi connectivity index (χ4n) is 2.36. The van der Waals surface area contributed by atoms with Crippen LogP contribution in [-0.2, 0) is 19.1 Å². The van der Waals surface area contributed by atoms with E-state index in [2.05, 4.69) is 10.1 Å². The van der Waals surface area contributed by atoms with Crippen molar-refractivity contribution in [3.8, 4) is 0 Å². The number of Topliss-reactive ketones (excluding diaryl/α,β-unsaturated/α-hetero) is 1. The Balaban J connectivity index is 0.000000521. The molecule has 0 saturated carbocycles. The highest BCUT2D eigenvalue weighted by atomic mass is 35.5. The molecule has 28 heavy (non-hydrogen) atoms. The van der Waals surface area contributed by atoms with Gasteiger partial charge in [0, 0.05) is 5.02 Å². The monoisotopic (exact) mass is 413 g/mol. The molecule has 1 amide bonds. The van der Waals surface area contributed by atoms with E-state index >= 15 is 0 Å². The number of methoxy groups -OCH3 is 1. The van der Waals surface area contributed by atoms with Gasteiger partial charge in [-0.25, -0.2) is 4.79 Å². The molecule has 1 aromatic rings. The second-order valence-corrected chi connectivity index (χ2v) is 7.60. The Labute approximate surface area is 172 Å². The van der Waals surface area contributed by atoms with Crippen molar-refractivity contribution in [3.05, 3.63) is 34.9 Å². The van der Waals surface area contributed by atoms with Crippen LogP contribution in [0.4, 0.5) is 4.79 Å². The van der Waals surface area contributed by atoms with Gasteiger partial charge in [0.25, 0.3) is 0 Å². The third kappa shape index (κ3) is 10.9. The summed E-state index contributed by atoms with van der Waals surface area (Å²) in [4.78, 5) is 33.3. The summed E-state index contributed by atoms with van der Waals surface area (Å²) in [5.74, 6) is 0.0000787. The molecule has 158 valence electrons. The number of amides is 1. The number of ketones is 1. The Kier molecular flexibility index (Phi) is 12.2. The van der Waals surface area contributed by atoms with E-state index in [-0.39, 0.29) is 29.7 Å². The Morgan fingerprint density at radius 1 is 1.04 bits per heavy atom. The average molecular weight is 414 g/mol. The number of alkyl carbamates (subject to hydrolysis) is 1. The summed E-state index contributed by atoms with van der Waals surface area (Å²) in [6.45, 7) is 10.7. The van der Waals surface area contributed by atoms with Crippen molar-refractivity contribution in [2.75, 3.05) is 7.11 Å². The van der Waals surface area contributed by atoms with E-state index in [1.165, 1.54) is 14.0 Å². The highest BCUT2D eigenvalue weighted by Gasteiger charge is 2.21. The second-order valence-electron chi connectivity index (χ2n) is 7.16. The highest BCUT2D eigenvalue weighted by molar-refractivity contribution is 6.30. The molecule has 0 saturated heterocycles. The van der Waals surface area contributed by atoms with Gasteiger partial charge < -0.3 is 14.8 Å². The van der Waals surface area contributed by atoms with E-state index in [9.17, 15) is 14.4 Å². The molecule has 1 aromatic carbocycles. The third-order valence-electron chi connectivity index (χ3n) is 3.86. The van der Waals surface area contributed by atoms with E-state index in [0.717, 1.165) is 5.56 Å². The Morgan fingerprint density at radius 2 is 1.57 bits per heavy atom. The normalized spacial score (nSPS) is 12.5. The number of nitrogens with one attached hydrogen (secondary N) is 1. The predicted octanol–water partition coefficient (Wildman–Crippen LogP) is 4.74. The molecule has 0 aliphatic heterocycles. The van der Waals surface area contributed by atoms with Gasteiger partial charge in [-0.05, 0) is 50.3 Å². The van der Waals surface area contributed by atoms with Crippen LogP contribution in [0.5, 0.6) is 0 Å². The van der Waals surface area contributed by atoms with Gasteiger partial charge in [-0.2, -0.15) is 0 Å². The summed E-state index contributed by atoms with van der Waals surface area (Å²) < 4.78 is 9.48. The first-order valence-electron chi connectivity index (χ1n) is 9.27. The molecular weight excluding hydrogens is 382 g/mol. The van der Waals surface area contributed by atoms with Crippen molar-refractivity contribution in [3.63, 3.8) is 0 Å². The first kappa shape index (κ1) is 25.9. The Bertz CT molecular complexity index is 628. The van der Waals surface area contributed by atoms with Gasteiger partial charge in [0.2, 0.25) is 0 Å².